The van der Waals surface area contributed by atoms with Gasteiger partial charge in [-0.05, 0) is 32.1 Å². The van der Waals surface area contributed by atoms with Gasteiger partial charge >= 0.3 is 0 Å². The van der Waals surface area contributed by atoms with Gasteiger partial charge in [-0.2, -0.15) is 0 Å². The second-order valence-electron chi connectivity index (χ2n) is 3.61. The Kier molecular flexibility index (Phi) is 2.86. The van der Waals surface area contributed by atoms with Gasteiger partial charge in [0.05, 0.1) is 0 Å². The predicted octanol–water partition coefficient (Wildman–Crippen LogP) is 2.57. The summed E-state index contributed by atoms with van der Waals surface area (Å²) >= 11 is 0. The molecule has 0 saturated heterocycles. The van der Waals surface area contributed by atoms with Crippen molar-refractivity contribution in [2.75, 3.05) is 0 Å². The zero-order chi connectivity index (χ0) is 8.27. The summed E-state index contributed by atoms with van der Waals surface area (Å²) in [5.41, 5.74) is 1.25. The van der Waals surface area contributed by atoms with Crippen molar-refractivity contribution >= 4 is 6.29 Å². The van der Waals surface area contributed by atoms with Crippen LogP contribution in [0.25, 0.3) is 0 Å². The lowest BCUT2D eigenvalue weighted by Crippen LogP contribution is -2.16. The summed E-state index contributed by atoms with van der Waals surface area (Å²) in [6.45, 7) is 6.00. The average molecular weight is 152 g/mol. The molecule has 62 valence electrons. The SMILES string of the molecule is C=C(C)C1CCCC(C=O)C1. The molecule has 2 unspecified atom stereocenters. The van der Waals surface area contributed by atoms with Gasteiger partial charge in [-0.3, -0.25) is 0 Å². The summed E-state index contributed by atoms with van der Waals surface area (Å²) in [5.74, 6) is 0.921. The molecular formula is C10H16O. The number of rotatable bonds is 2. The minimum absolute atomic E-state index is 0.311. The Hall–Kier alpha value is -0.590. The zero-order valence-corrected chi connectivity index (χ0v) is 7.18. The first-order valence-electron chi connectivity index (χ1n) is 4.34. The minimum atomic E-state index is 0.311. The van der Waals surface area contributed by atoms with Crippen LogP contribution in [0.15, 0.2) is 12.2 Å². The molecule has 1 fully saturated rings. The Morgan fingerprint density at radius 1 is 1.55 bits per heavy atom. The molecule has 0 aromatic heterocycles. The van der Waals surface area contributed by atoms with Crippen LogP contribution in [0.1, 0.15) is 32.6 Å². The van der Waals surface area contributed by atoms with Gasteiger partial charge in [0.1, 0.15) is 6.29 Å². The molecule has 0 amide bonds. The van der Waals surface area contributed by atoms with E-state index in [1.54, 1.807) is 0 Å². The van der Waals surface area contributed by atoms with Crippen molar-refractivity contribution in [3.05, 3.63) is 12.2 Å². The van der Waals surface area contributed by atoms with Crippen molar-refractivity contribution in [3.63, 3.8) is 0 Å². The lowest BCUT2D eigenvalue weighted by atomic mass is 9.79. The summed E-state index contributed by atoms with van der Waals surface area (Å²) in [7, 11) is 0. The first-order valence-corrected chi connectivity index (χ1v) is 4.34. The molecule has 0 aromatic rings. The van der Waals surface area contributed by atoms with Crippen molar-refractivity contribution in [2.24, 2.45) is 11.8 Å². The average Bonchev–Trinajstić information content (AvgIpc) is 2.05. The van der Waals surface area contributed by atoms with E-state index in [4.69, 9.17) is 0 Å². The quantitative estimate of drug-likeness (QED) is 0.439. The summed E-state index contributed by atoms with van der Waals surface area (Å²) in [6.07, 6.45) is 5.67. The highest BCUT2D eigenvalue weighted by Crippen LogP contribution is 2.31. The Bertz CT molecular complexity index is 160. The van der Waals surface area contributed by atoms with E-state index in [-0.39, 0.29) is 0 Å². The minimum Gasteiger partial charge on any atom is -0.303 e. The normalized spacial score (nSPS) is 31.4. The number of aldehydes is 1. The third-order valence-corrected chi connectivity index (χ3v) is 2.60. The maximum Gasteiger partial charge on any atom is 0.123 e. The van der Waals surface area contributed by atoms with Crippen LogP contribution < -0.4 is 0 Å². The highest BCUT2D eigenvalue weighted by molar-refractivity contribution is 5.53. The summed E-state index contributed by atoms with van der Waals surface area (Å²) in [6, 6.07) is 0. The van der Waals surface area contributed by atoms with Crippen LogP contribution in [-0.4, -0.2) is 6.29 Å². The Morgan fingerprint density at radius 2 is 2.27 bits per heavy atom. The van der Waals surface area contributed by atoms with Crippen LogP contribution in [0, 0.1) is 11.8 Å². The van der Waals surface area contributed by atoms with Crippen LogP contribution in [0.5, 0.6) is 0 Å². The molecule has 0 heterocycles. The molecule has 1 aliphatic rings. The van der Waals surface area contributed by atoms with E-state index in [9.17, 15) is 4.79 Å². The number of hydrogen-bond acceptors (Lipinski definition) is 1. The largest absolute Gasteiger partial charge is 0.303 e. The fraction of sp³-hybridized carbons (Fsp3) is 0.700. The van der Waals surface area contributed by atoms with E-state index in [1.165, 1.54) is 18.4 Å². The number of carbonyl (C=O) groups is 1. The van der Waals surface area contributed by atoms with E-state index in [0.717, 1.165) is 19.1 Å². The van der Waals surface area contributed by atoms with Gasteiger partial charge < -0.3 is 4.79 Å². The third kappa shape index (κ3) is 2.18. The van der Waals surface area contributed by atoms with Crippen LogP contribution in [-0.2, 0) is 4.79 Å². The van der Waals surface area contributed by atoms with Gasteiger partial charge in [0.2, 0.25) is 0 Å². The topological polar surface area (TPSA) is 17.1 Å². The van der Waals surface area contributed by atoms with Gasteiger partial charge in [0.25, 0.3) is 0 Å². The fourth-order valence-corrected chi connectivity index (χ4v) is 1.80. The fourth-order valence-electron chi connectivity index (χ4n) is 1.80. The third-order valence-electron chi connectivity index (χ3n) is 2.60. The number of allylic oxidation sites excluding steroid dienone is 1. The number of carbonyl (C=O) groups excluding carboxylic acids is 1. The second-order valence-corrected chi connectivity index (χ2v) is 3.61. The molecule has 1 heteroatoms. The van der Waals surface area contributed by atoms with Crippen molar-refractivity contribution in [2.45, 2.75) is 32.6 Å². The van der Waals surface area contributed by atoms with Gasteiger partial charge in [0, 0.05) is 5.92 Å². The first kappa shape index (κ1) is 8.51. The van der Waals surface area contributed by atoms with Crippen LogP contribution in [0.2, 0.25) is 0 Å². The van der Waals surface area contributed by atoms with E-state index < -0.39 is 0 Å². The lowest BCUT2D eigenvalue weighted by Gasteiger charge is -2.25. The van der Waals surface area contributed by atoms with E-state index in [2.05, 4.69) is 13.5 Å². The molecule has 0 aliphatic heterocycles. The molecule has 0 spiro atoms. The van der Waals surface area contributed by atoms with E-state index in [0.29, 0.717) is 11.8 Å². The van der Waals surface area contributed by atoms with Gasteiger partial charge in [0.15, 0.2) is 0 Å². The number of hydrogen-bond donors (Lipinski definition) is 0. The smallest absolute Gasteiger partial charge is 0.123 e. The second kappa shape index (κ2) is 3.70. The van der Waals surface area contributed by atoms with E-state index in [1.807, 2.05) is 0 Å². The molecule has 1 saturated carbocycles. The Balaban J connectivity index is 2.45. The highest BCUT2D eigenvalue weighted by Gasteiger charge is 2.21. The highest BCUT2D eigenvalue weighted by atomic mass is 16.1. The van der Waals surface area contributed by atoms with Crippen molar-refractivity contribution in [3.8, 4) is 0 Å². The van der Waals surface area contributed by atoms with Gasteiger partial charge in [-0.25, -0.2) is 0 Å². The van der Waals surface area contributed by atoms with Gasteiger partial charge in [-0.1, -0.05) is 18.6 Å². The van der Waals surface area contributed by atoms with Crippen LogP contribution >= 0.6 is 0 Å². The summed E-state index contributed by atoms with van der Waals surface area (Å²) in [5, 5.41) is 0. The molecule has 1 nitrogen and oxygen atoms in total. The van der Waals surface area contributed by atoms with Crippen molar-refractivity contribution < 1.29 is 4.79 Å². The molecule has 0 radical (unpaired) electrons. The summed E-state index contributed by atoms with van der Waals surface area (Å²) in [4.78, 5) is 10.5. The predicted molar refractivity (Wildman–Crippen MR) is 46.3 cm³/mol. The molecular weight excluding hydrogens is 136 g/mol. The molecule has 1 rings (SSSR count). The van der Waals surface area contributed by atoms with Gasteiger partial charge in [-0.15, -0.1) is 0 Å². The van der Waals surface area contributed by atoms with Crippen molar-refractivity contribution in [1.82, 2.24) is 0 Å². The molecule has 11 heavy (non-hydrogen) atoms. The molecule has 0 N–H and O–H groups in total. The Morgan fingerprint density at radius 3 is 2.82 bits per heavy atom. The monoisotopic (exact) mass is 152 g/mol. The maximum absolute atomic E-state index is 10.5. The summed E-state index contributed by atoms with van der Waals surface area (Å²) < 4.78 is 0. The van der Waals surface area contributed by atoms with Crippen molar-refractivity contribution in [1.29, 1.82) is 0 Å². The Labute approximate surface area is 68.5 Å². The molecule has 0 aromatic carbocycles. The molecule has 0 bridgehead atoms. The van der Waals surface area contributed by atoms with Crippen LogP contribution in [0.4, 0.5) is 0 Å². The maximum atomic E-state index is 10.5. The van der Waals surface area contributed by atoms with E-state index >= 15 is 0 Å². The zero-order valence-electron chi connectivity index (χ0n) is 7.18. The standard InChI is InChI=1S/C10H16O/c1-8(2)10-5-3-4-9(6-10)7-11/h7,9-10H,1,3-6H2,2H3. The lowest BCUT2D eigenvalue weighted by molar-refractivity contribution is -0.112. The van der Waals surface area contributed by atoms with Crippen LogP contribution in [0.3, 0.4) is 0 Å². The first-order chi connectivity index (χ1) is 5.24. The molecule has 2 atom stereocenters. The molecule has 1 aliphatic carbocycles.